The topological polar surface area (TPSA) is 26.0 Å². The lowest BCUT2D eigenvalue weighted by molar-refractivity contribution is 1.47. The van der Waals surface area contributed by atoms with Gasteiger partial charge in [-0.2, -0.15) is 0 Å². The molecule has 0 fully saturated rings. The van der Waals surface area contributed by atoms with Crippen LogP contribution in [0.2, 0.25) is 15.1 Å². The lowest BCUT2D eigenvalue weighted by atomic mass is 10.2. The zero-order chi connectivity index (χ0) is 8.59. The number of anilines is 1. The lowest BCUT2D eigenvalue weighted by Gasteiger charge is -2.05. The molecule has 0 aliphatic heterocycles. The minimum atomic E-state index is 0.330. The standard InChI is InChI=1S/C7H6Cl3N/c1-3-2-4(8)7(11)6(10)5(3)9/h2H,11H2,1H3. The second-order valence-electron chi connectivity index (χ2n) is 2.22. The molecule has 0 atom stereocenters. The molecular weight excluding hydrogens is 204 g/mol. The monoisotopic (exact) mass is 209 g/mol. The summed E-state index contributed by atoms with van der Waals surface area (Å²) in [4.78, 5) is 0. The first kappa shape index (κ1) is 8.98. The van der Waals surface area contributed by atoms with Crippen molar-refractivity contribution in [1.29, 1.82) is 0 Å². The van der Waals surface area contributed by atoms with E-state index in [1.54, 1.807) is 6.07 Å². The molecule has 0 heterocycles. The summed E-state index contributed by atoms with van der Waals surface area (Å²) in [7, 11) is 0. The van der Waals surface area contributed by atoms with E-state index in [1.807, 2.05) is 6.92 Å². The SMILES string of the molecule is Cc1cc(Cl)c(N)c(Cl)c1Cl. The first-order chi connectivity index (χ1) is 5.04. The Kier molecular flexibility index (Phi) is 2.53. The number of hydrogen-bond donors (Lipinski definition) is 1. The summed E-state index contributed by atoms with van der Waals surface area (Å²) in [5.74, 6) is 0. The smallest absolute Gasteiger partial charge is 0.0839 e. The number of benzene rings is 1. The van der Waals surface area contributed by atoms with Gasteiger partial charge in [-0.25, -0.2) is 0 Å². The summed E-state index contributed by atoms with van der Waals surface area (Å²) in [6.45, 7) is 1.82. The molecule has 1 aromatic rings. The Morgan fingerprint density at radius 1 is 1.18 bits per heavy atom. The van der Waals surface area contributed by atoms with E-state index in [4.69, 9.17) is 40.5 Å². The maximum atomic E-state index is 5.78. The van der Waals surface area contributed by atoms with E-state index in [0.29, 0.717) is 20.8 Å². The highest BCUT2D eigenvalue weighted by Gasteiger charge is 2.08. The van der Waals surface area contributed by atoms with Gasteiger partial charge >= 0.3 is 0 Å². The van der Waals surface area contributed by atoms with E-state index in [2.05, 4.69) is 0 Å². The first-order valence-electron chi connectivity index (χ1n) is 2.93. The minimum absolute atomic E-state index is 0.330. The van der Waals surface area contributed by atoms with Crippen LogP contribution in [-0.2, 0) is 0 Å². The molecule has 0 spiro atoms. The highest BCUT2D eigenvalue weighted by atomic mass is 35.5. The van der Waals surface area contributed by atoms with Gasteiger partial charge in [-0.05, 0) is 18.6 Å². The number of halogens is 3. The number of hydrogen-bond acceptors (Lipinski definition) is 1. The van der Waals surface area contributed by atoms with Crippen molar-refractivity contribution in [2.75, 3.05) is 5.73 Å². The molecule has 2 N–H and O–H groups in total. The van der Waals surface area contributed by atoms with Crippen molar-refractivity contribution >= 4 is 40.5 Å². The van der Waals surface area contributed by atoms with Crippen molar-refractivity contribution in [2.45, 2.75) is 6.92 Å². The van der Waals surface area contributed by atoms with E-state index < -0.39 is 0 Å². The summed E-state index contributed by atoms with van der Waals surface area (Å²) in [5, 5.41) is 1.24. The van der Waals surface area contributed by atoms with Gasteiger partial charge in [0.2, 0.25) is 0 Å². The summed E-state index contributed by atoms with van der Waals surface area (Å²) < 4.78 is 0. The van der Waals surface area contributed by atoms with Crippen molar-refractivity contribution in [2.24, 2.45) is 0 Å². The fourth-order valence-corrected chi connectivity index (χ4v) is 1.44. The second kappa shape index (κ2) is 3.10. The van der Waals surface area contributed by atoms with Gasteiger partial charge in [0.15, 0.2) is 0 Å². The highest BCUT2D eigenvalue weighted by Crippen LogP contribution is 2.35. The third-order valence-corrected chi connectivity index (χ3v) is 2.67. The molecule has 0 bridgehead atoms. The zero-order valence-electron chi connectivity index (χ0n) is 5.79. The van der Waals surface area contributed by atoms with Crippen molar-refractivity contribution in [3.05, 3.63) is 26.7 Å². The molecule has 0 aliphatic rings. The normalized spacial score (nSPS) is 10.2. The predicted octanol–water partition coefficient (Wildman–Crippen LogP) is 3.54. The number of aryl methyl sites for hydroxylation is 1. The Morgan fingerprint density at radius 3 is 2.27 bits per heavy atom. The second-order valence-corrected chi connectivity index (χ2v) is 3.38. The van der Waals surface area contributed by atoms with Gasteiger partial charge in [0.1, 0.15) is 0 Å². The van der Waals surface area contributed by atoms with Crippen LogP contribution in [0, 0.1) is 6.92 Å². The molecule has 4 heteroatoms. The number of rotatable bonds is 0. The molecule has 1 aromatic carbocycles. The molecular formula is C7H6Cl3N. The molecule has 60 valence electrons. The zero-order valence-corrected chi connectivity index (χ0v) is 8.06. The van der Waals surface area contributed by atoms with E-state index >= 15 is 0 Å². The number of nitrogen functional groups attached to an aromatic ring is 1. The Balaban J connectivity index is 3.46. The molecule has 11 heavy (non-hydrogen) atoms. The van der Waals surface area contributed by atoms with Gasteiger partial charge in [0.05, 0.1) is 20.8 Å². The van der Waals surface area contributed by atoms with Crippen molar-refractivity contribution in [3.8, 4) is 0 Å². The average molecular weight is 210 g/mol. The summed E-state index contributed by atoms with van der Waals surface area (Å²) in [5.41, 5.74) is 6.67. The van der Waals surface area contributed by atoms with Gasteiger partial charge < -0.3 is 5.73 Å². The van der Waals surface area contributed by atoms with Crippen molar-refractivity contribution in [1.82, 2.24) is 0 Å². The van der Waals surface area contributed by atoms with Gasteiger partial charge in [0, 0.05) is 0 Å². The van der Waals surface area contributed by atoms with Crippen LogP contribution in [0.3, 0.4) is 0 Å². The van der Waals surface area contributed by atoms with E-state index in [9.17, 15) is 0 Å². The summed E-state index contributed by atoms with van der Waals surface area (Å²) in [6.07, 6.45) is 0. The maximum Gasteiger partial charge on any atom is 0.0839 e. The average Bonchev–Trinajstić information content (AvgIpc) is 1.97. The fourth-order valence-electron chi connectivity index (χ4n) is 0.727. The van der Waals surface area contributed by atoms with Crippen LogP contribution in [-0.4, -0.2) is 0 Å². The van der Waals surface area contributed by atoms with Crippen LogP contribution in [0.25, 0.3) is 0 Å². The summed E-state index contributed by atoms with van der Waals surface area (Å²) >= 11 is 17.3. The molecule has 0 unspecified atom stereocenters. The van der Waals surface area contributed by atoms with Gasteiger partial charge in [-0.3, -0.25) is 0 Å². The molecule has 0 saturated heterocycles. The van der Waals surface area contributed by atoms with E-state index in [0.717, 1.165) is 5.56 Å². The fraction of sp³-hybridized carbons (Fsp3) is 0.143. The van der Waals surface area contributed by atoms with E-state index in [-0.39, 0.29) is 0 Å². The molecule has 0 saturated carbocycles. The van der Waals surface area contributed by atoms with Gasteiger partial charge in [-0.1, -0.05) is 34.8 Å². The van der Waals surface area contributed by atoms with Crippen LogP contribution in [0.1, 0.15) is 5.56 Å². The van der Waals surface area contributed by atoms with Crippen LogP contribution in [0.5, 0.6) is 0 Å². The molecule has 0 aromatic heterocycles. The molecule has 0 aliphatic carbocycles. The third kappa shape index (κ3) is 1.56. The minimum Gasteiger partial charge on any atom is -0.396 e. The van der Waals surface area contributed by atoms with Crippen LogP contribution in [0.15, 0.2) is 6.07 Å². The van der Waals surface area contributed by atoms with E-state index in [1.165, 1.54) is 0 Å². The largest absolute Gasteiger partial charge is 0.396 e. The number of nitrogens with two attached hydrogens (primary N) is 1. The molecule has 1 nitrogen and oxygen atoms in total. The Labute approximate surface area is 80.0 Å². The van der Waals surface area contributed by atoms with Crippen molar-refractivity contribution in [3.63, 3.8) is 0 Å². The van der Waals surface area contributed by atoms with Gasteiger partial charge in [0.25, 0.3) is 0 Å². The Morgan fingerprint density at radius 2 is 1.73 bits per heavy atom. The Bertz CT molecular complexity index is 270. The third-order valence-electron chi connectivity index (χ3n) is 1.38. The lowest BCUT2D eigenvalue weighted by Crippen LogP contribution is -1.90. The Hall–Kier alpha value is -0.110. The summed E-state index contributed by atoms with van der Waals surface area (Å²) in [6, 6.07) is 1.69. The van der Waals surface area contributed by atoms with Crippen molar-refractivity contribution < 1.29 is 0 Å². The van der Waals surface area contributed by atoms with Crippen LogP contribution in [0.4, 0.5) is 5.69 Å². The van der Waals surface area contributed by atoms with Crippen LogP contribution < -0.4 is 5.73 Å². The quantitative estimate of drug-likeness (QED) is 0.514. The maximum absolute atomic E-state index is 5.78. The first-order valence-corrected chi connectivity index (χ1v) is 4.07. The molecule has 1 rings (SSSR count). The predicted molar refractivity (Wildman–Crippen MR) is 50.6 cm³/mol. The van der Waals surface area contributed by atoms with Gasteiger partial charge in [-0.15, -0.1) is 0 Å². The van der Waals surface area contributed by atoms with Crippen LogP contribution >= 0.6 is 34.8 Å². The molecule has 0 radical (unpaired) electrons. The molecule has 0 amide bonds. The highest BCUT2D eigenvalue weighted by molar-refractivity contribution is 6.46.